The minimum Gasteiger partial charge on any atom is -0.485 e. The Morgan fingerprint density at radius 3 is 2.09 bits per heavy atom. The molecule has 10 heteroatoms. The number of ether oxygens (including phenoxy) is 2. The van der Waals surface area contributed by atoms with Crippen LogP contribution >= 0.6 is 0 Å². The van der Waals surface area contributed by atoms with Crippen molar-refractivity contribution < 1.29 is 27.5 Å². The normalized spacial score (nSPS) is 21.0. The van der Waals surface area contributed by atoms with Crippen LogP contribution in [0.2, 0.25) is 0 Å². The van der Waals surface area contributed by atoms with Gasteiger partial charge in [0, 0.05) is 44.8 Å². The topological polar surface area (TPSA) is 96.5 Å². The Hall–Kier alpha value is -3.11. The van der Waals surface area contributed by atoms with Gasteiger partial charge in [-0.1, -0.05) is 18.6 Å². The number of amides is 2. The summed E-state index contributed by atoms with van der Waals surface area (Å²) in [6, 6.07) is 13.4. The fraction of sp³-hybridized carbons (Fsp3) is 0.440. The van der Waals surface area contributed by atoms with E-state index in [4.69, 9.17) is 9.47 Å². The molecule has 0 radical (unpaired) electrons. The number of para-hydroxylation sites is 2. The second kappa shape index (κ2) is 9.87. The van der Waals surface area contributed by atoms with Crippen molar-refractivity contribution in [2.45, 2.75) is 30.3 Å². The molecule has 9 nitrogen and oxygen atoms in total. The minimum atomic E-state index is -3.53. The quantitative estimate of drug-likeness (QED) is 0.638. The van der Waals surface area contributed by atoms with Gasteiger partial charge in [0.2, 0.25) is 16.1 Å². The molecule has 5 rings (SSSR count). The van der Waals surface area contributed by atoms with E-state index in [9.17, 15) is 18.0 Å². The van der Waals surface area contributed by atoms with Crippen LogP contribution in [0.4, 0.5) is 0 Å². The Morgan fingerprint density at radius 1 is 0.771 bits per heavy atom. The minimum absolute atomic E-state index is 0.154. The lowest BCUT2D eigenvalue weighted by atomic mass is 10.1. The Balaban J connectivity index is 1.17. The SMILES string of the molecule is O=C(c1ccc(S(=O)(=O)N2CCCCC2)cc1)N1CCN(C(=O)[C@@H]2COc3ccccc3O2)CC1. The maximum Gasteiger partial charge on any atom is 0.267 e. The van der Waals surface area contributed by atoms with Gasteiger partial charge in [-0.25, -0.2) is 8.42 Å². The standard InChI is InChI=1S/C25H29N3O6S/c29-24(19-8-10-20(11-9-19)35(31,32)28-12-4-1-5-13-28)26-14-16-27(17-15-26)25(30)23-18-33-21-6-2-3-7-22(21)34-23/h2-3,6-11,23H,1,4-5,12-18H2/t23-/m0/s1. The first-order valence-electron chi connectivity index (χ1n) is 12.0. The number of benzene rings is 2. The molecular weight excluding hydrogens is 470 g/mol. The monoisotopic (exact) mass is 499 g/mol. The van der Waals surface area contributed by atoms with Gasteiger partial charge in [-0.05, 0) is 49.2 Å². The number of sulfonamides is 1. The van der Waals surface area contributed by atoms with E-state index in [0.29, 0.717) is 56.3 Å². The number of fused-ring (bicyclic) bond motifs is 1. The van der Waals surface area contributed by atoms with Crippen molar-refractivity contribution in [2.24, 2.45) is 0 Å². The van der Waals surface area contributed by atoms with Crippen molar-refractivity contribution in [3.8, 4) is 11.5 Å². The predicted molar refractivity (Wildman–Crippen MR) is 128 cm³/mol. The van der Waals surface area contributed by atoms with Gasteiger partial charge in [-0.2, -0.15) is 4.31 Å². The number of hydrogen-bond acceptors (Lipinski definition) is 6. The van der Waals surface area contributed by atoms with Gasteiger partial charge in [-0.3, -0.25) is 9.59 Å². The van der Waals surface area contributed by atoms with Crippen molar-refractivity contribution in [1.29, 1.82) is 0 Å². The molecule has 3 aliphatic heterocycles. The molecule has 0 N–H and O–H groups in total. The Bertz CT molecular complexity index is 1190. The zero-order valence-electron chi connectivity index (χ0n) is 19.5. The Kier molecular flexibility index (Phi) is 6.66. The molecule has 0 aromatic heterocycles. The van der Waals surface area contributed by atoms with Crippen molar-refractivity contribution in [2.75, 3.05) is 45.9 Å². The summed E-state index contributed by atoms with van der Waals surface area (Å²) in [5.74, 6) is 0.849. The van der Waals surface area contributed by atoms with Crippen molar-refractivity contribution >= 4 is 21.8 Å². The molecule has 2 amide bonds. The van der Waals surface area contributed by atoms with E-state index >= 15 is 0 Å². The molecule has 0 unspecified atom stereocenters. The van der Waals surface area contributed by atoms with Crippen LogP contribution in [-0.2, 0) is 14.8 Å². The summed E-state index contributed by atoms with van der Waals surface area (Å²) < 4.78 is 38.7. The van der Waals surface area contributed by atoms with E-state index in [1.807, 2.05) is 12.1 Å². The molecule has 2 fully saturated rings. The molecule has 0 saturated carbocycles. The lowest BCUT2D eigenvalue weighted by Crippen LogP contribution is -2.55. The Labute approximate surface area is 205 Å². The molecule has 2 aromatic carbocycles. The highest BCUT2D eigenvalue weighted by molar-refractivity contribution is 7.89. The number of piperidine rings is 1. The summed E-state index contributed by atoms with van der Waals surface area (Å²) in [5, 5.41) is 0. The van der Waals surface area contributed by atoms with Crippen molar-refractivity contribution in [1.82, 2.24) is 14.1 Å². The molecular formula is C25H29N3O6S. The van der Waals surface area contributed by atoms with Gasteiger partial charge in [0.25, 0.3) is 11.8 Å². The third kappa shape index (κ3) is 4.85. The number of carbonyl (C=O) groups is 2. The first-order valence-corrected chi connectivity index (χ1v) is 13.4. The zero-order chi connectivity index (χ0) is 24.4. The van der Waals surface area contributed by atoms with E-state index < -0.39 is 16.1 Å². The first kappa shape index (κ1) is 23.6. The fourth-order valence-electron chi connectivity index (χ4n) is 4.68. The maximum absolute atomic E-state index is 13.0. The molecule has 2 aromatic rings. The highest BCUT2D eigenvalue weighted by Gasteiger charge is 2.34. The maximum atomic E-state index is 13.0. The van der Waals surface area contributed by atoms with Crippen LogP contribution < -0.4 is 9.47 Å². The van der Waals surface area contributed by atoms with Gasteiger partial charge in [0.1, 0.15) is 6.61 Å². The smallest absolute Gasteiger partial charge is 0.267 e. The number of nitrogens with zero attached hydrogens (tertiary/aromatic N) is 3. The summed E-state index contributed by atoms with van der Waals surface area (Å²) in [7, 11) is -3.53. The van der Waals surface area contributed by atoms with Crippen LogP contribution in [-0.4, -0.2) is 86.3 Å². The van der Waals surface area contributed by atoms with E-state index in [2.05, 4.69) is 0 Å². The summed E-state index contributed by atoms with van der Waals surface area (Å²) in [6.45, 7) is 2.81. The average molecular weight is 500 g/mol. The second-order valence-electron chi connectivity index (χ2n) is 8.97. The van der Waals surface area contributed by atoms with Crippen LogP contribution in [0.25, 0.3) is 0 Å². The summed E-state index contributed by atoms with van der Waals surface area (Å²) in [5.41, 5.74) is 0.433. The Morgan fingerprint density at radius 2 is 1.40 bits per heavy atom. The van der Waals surface area contributed by atoms with Crippen molar-refractivity contribution in [3.63, 3.8) is 0 Å². The molecule has 2 saturated heterocycles. The molecule has 35 heavy (non-hydrogen) atoms. The summed E-state index contributed by atoms with van der Waals surface area (Å²) in [6.07, 6.45) is 2.09. The summed E-state index contributed by atoms with van der Waals surface area (Å²) >= 11 is 0. The fourth-order valence-corrected chi connectivity index (χ4v) is 6.20. The van der Waals surface area contributed by atoms with Gasteiger partial charge < -0.3 is 19.3 Å². The molecule has 0 aliphatic carbocycles. The third-order valence-electron chi connectivity index (χ3n) is 6.72. The molecule has 0 spiro atoms. The summed E-state index contributed by atoms with van der Waals surface area (Å²) in [4.78, 5) is 29.5. The van der Waals surface area contributed by atoms with Gasteiger partial charge in [-0.15, -0.1) is 0 Å². The molecule has 0 bridgehead atoms. The van der Waals surface area contributed by atoms with Crippen LogP contribution in [0.1, 0.15) is 29.6 Å². The molecule has 3 aliphatic rings. The third-order valence-corrected chi connectivity index (χ3v) is 8.63. The average Bonchev–Trinajstić information content (AvgIpc) is 2.92. The van der Waals surface area contributed by atoms with Gasteiger partial charge >= 0.3 is 0 Å². The highest BCUT2D eigenvalue weighted by Crippen LogP contribution is 2.31. The lowest BCUT2D eigenvalue weighted by Gasteiger charge is -2.37. The van der Waals surface area contributed by atoms with Gasteiger partial charge in [0.15, 0.2) is 11.5 Å². The zero-order valence-corrected chi connectivity index (χ0v) is 20.3. The number of piperazine rings is 1. The number of carbonyl (C=O) groups excluding carboxylic acids is 2. The lowest BCUT2D eigenvalue weighted by molar-refractivity contribution is -0.142. The van der Waals surface area contributed by atoms with E-state index in [-0.39, 0.29) is 23.3 Å². The molecule has 186 valence electrons. The number of hydrogen-bond donors (Lipinski definition) is 0. The predicted octanol–water partition coefficient (Wildman–Crippen LogP) is 1.99. The van der Waals surface area contributed by atoms with E-state index in [1.165, 1.54) is 16.4 Å². The van der Waals surface area contributed by atoms with Crippen LogP contribution in [0, 0.1) is 0 Å². The van der Waals surface area contributed by atoms with E-state index in [1.54, 1.807) is 34.1 Å². The van der Waals surface area contributed by atoms with Crippen LogP contribution in [0.5, 0.6) is 11.5 Å². The van der Waals surface area contributed by atoms with Crippen LogP contribution in [0.3, 0.4) is 0 Å². The van der Waals surface area contributed by atoms with E-state index in [0.717, 1.165) is 19.3 Å². The first-order chi connectivity index (χ1) is 16.9. The highest BCUT2D eigenvalue weighted by atomic mass is 32.2. The second-order valence-corrected chi connectivity index (χ2v) is 10.9. The van der Waals surface area contributed by atoms with Crippen LogP contribution in [0.15, 0.2) is 53.4 Å². The molecule has 3 heterocycles. The molecule has 1 atom stereocenters. The van der Waals surface area contributed by atoms with Crippen molar-refractivity contribution in [3.05, 3.63) is 54.1 Å². The number of rotatable bonds is 4. The largest absolute Gasteiger partial charge is 0.485 e. The van der Waals surface area contributed by atoms with Gasteiger partial charge in [0.05, 0.1) is 4.90 Å².